The minimum Gasteiger partial charge on any atom is -0.496 e. The minimum atomic E-state index is -0.962. The number of amides is 1. The fraction of sp³-hybridized carbons (Fsp3) is 0.158. The van der Waals surface area contributed by atoms with Crippen molar-refractivity contribution in [1.29, 1.82) is 0 Å². The zero-order valence-electron chi connectivity index (χ0n) is 15.1. The summed E-state index contributed by atoms with van der Waals surface area (Å²) >= 11 is 1.29. The fourth-order valence-electron chi connectivity index (χ4n) is 2.39. The molecule has 28 heavy (non-hydrogen) atoms. The van der Waals surface area contributed by atoms with E-state index in [1.807, 2.05) is 35.7 Å². The molecule has 1 amide bonds. The van der Waals surface area contributed by atoms with Crippen molar-refractivity contribution in [3.8, 4) is 22.8 Å². The lowest BCUT2D eigenvalue weighted by Gasteiger charge is -2.14. The number of nitro groups is 1. The van der Waals surface area contributed by atoms with Gasteiger partial charge in [-0.1, -0.05) is 30.3 Å². The van der Waals surface area contributed by atoms with E-state index >= 15 is 0 Å². The van der Waals surface area contributed by atoms with Crippen LogP contribution in [-0.2, 0) is 4.79 Å². The summed E-state index contributed by atoms with van der Waals surface area (Å²) < 4.78 is 10.5. The number of nitrogens with one attached hydrogen (secondary N) is 1. The molecule has 9 heteroatoms. The fourth-order valence-corrected chi connectivity index (χ4v) is 3.11. The molecule has 0 saturated heterocycles. The van der Waals surface area contributed by atoms with Crippen molar-refractivity contribution in [2.24, 2.45) is 0 Å². The summed E-state index contributed by atoms with van der Waals surface area (Å²) in [7, 11) is 1.41. The van der Waals surface area contributed by atoms with E-state index in [4.69, 9.17) is 9.47 Å². The van der Waals surface area contributed by atoms with Crippen molar-refractivity contribution >= 4 is 28.1 Å². The number of nitrogens with zero attached hydrogens (tertiary/aromatic N) is 2. The van der Waals surface area contributed by atoms with Crippen LogP contribution in [0.25, 0.3) is 11.3 Å². The molecule has 3 aromatic rings. The van der Waals surface area contributed by atoms with Gasteiger partial charge in [0.2, 0.25) is 0 Å². The van der Waals surface area contributed by atoms with Gasteiger partial charge in [0.1, 0.15) is 5.75 Å². The lowest BCUT2D eigenvalue weighted by molar-refractivity contribution is -0.386. The number of methoxy groups -OCH3 is 1. The average molecular weight is 399 g/mol. The first kappa shape index (κ1) is 19.3. The molecule has 1 N–H and O–H groups in total. The Morgan fingerprint density at radius 1 is 1.25 bits per heavy atom. The second-order valence-corrected chi connectivity index (χ2v) is 6.60. The topological polar surface area (TPSA) is 104 Å². The Hall–Kier alpha value is -3.46. The van der Waals surface area contributed by atoms with Crippen LogP contribution in [0.1, 0.15) is 6.92 Å². The Labute approximate surface area is 164 Å². The van der Waals surface area contributed by atoms with E-state index in [9.17, 15) is 14.9 Å². The molecule has 0 radical (unpaired) electrons. The minimum absolute atomic E-state index is 0.0161. The molecule has 1 atom stereocenters. The predicted molar refractivity (Wildman–Crippen MR) is 106 cm³/mol. The van der Waals surface area contributed by atoms with Gasteiger partial charge in [-0.2, -0.15) is 0 Å². The molecule has 144 valence electrons. The van der Waals surface area contributed by atoms with Crippen molar-refractivity contribution < 1.29 is 19.2 Å². The van der Waals surface area contributed by atoms with Gasteiger partial charge in [-0.3, -0.25) is 20.2 Å². The van der Waals surface area contributed by atoms with Crippen LogP contribution >= 0.6 is 11.3 Å². The highest BCUT2D eigenvalue weighted by Gasteiger charge is 2.22. The van der Waals surface area contributed by atoms with E-state index < -0.39 is 16.9 Å². The first-order valence-electron chi connectivity index (χ1n) is 8.29. The van der Waals surface area contributed by atoms with E-state index in [1.54, 1.807) is 0 Å². The van der Waals surface area contributed by atoms with Gasteiger partial charge in [-0.05, 0) is 19.1 Å². The van der Waals surface area contributed by atoms with E-state index in [0.29, 0.717) is 10.9 Å². The second-order valence-electron chi connectivity index (χ2n) is 5.74. The van der Waals surface area contributed by atoms with Gasteiger partial charge in [0.05, 0.1) is 23.8 Å². The Morgan fingerprint density at radius 2 is 2.00 bits per heavy atom. The molecule has 0 spiro atoms. The predicted octanol–water partition coefficient (Wildman–Crippen LogP) is 4.13. The van der Waals surface area contributed by atoms with Gasteiger partial charge in [-0.25, -0.2) is 4.98 Å². The highest BCUT2D eigenvalue weighted by Crippen LogP contribution is 2.32. The van der Waals surface area contributed by atoms with Crippen molar-refractivity contribution in [3.63, 3.8) is 0 Å². The zero-order valence-corrected chi connectivity index (χ0v) is 15.9. The average Bonchev–Trinajstić information content (AvgIpc) is 3.17. The molecule has 1 aromatic heterocycles. The molecule has 0 aliphatic rings. The number of nitro benzene ring substituents is 1. The molecule has 0 aliphatic heterocycles. The van der Waals surface area contributed by atoms with Crippen molar-refractivity contribution in [1.82, 2.24) is 4.98 Å². The standard InChI is InChI=1S/C19H17N3O5S/c1-12(27-17-9-8-14(26-2)10-16(17)22(24)25)18(23)21-19-20-15(11-28-19)13-6-4-3-5-7-13/h3-12H,1-2H3,(H,20,21,23). The number of hydrogen-bond acceptors (Lipinski definition) is 7. The lowest BCUT2D eigenvalue weighted by Crippen LogP contribution is -2.30. The Kier molecular flexibility index (Phi) is 5.85. The van der Waals surface area contributed by atoms with Crippen LogP contribution in [-0.4, -0.2) is 29.0 Å². The number of benzene rings is 2. The Balaban J connectivity index is 1.69. The Bertz CT molecular complexity index is 990. The highest BCUT2D eigenvalue weighted by molar-refractivity contribution is 7.14. The third-order valence-corrected chi connectivity index (χ3v) is 4.60. The molecular weight excluding hydrogens is 382 g/mol. The van der Waals surface area contributed by atoms with Crippen LogP contribution in [0.3, 0.4) is 0 Å². The lowest BCUT2D eigenvalue weighted by atomic mass is 10.2. The summed E-state index contributed by atoms with van der Waals surface area (Å²) in [4.78, 5) is 27.4. The molecule has 0 aliphatic carbocycles. The van der Waals surface area contributed by atoms with Gasteiger partial charge in [0.15, 0.2) is 17.0 Å². The zero-order chi connectivity index (χ0) is 20.1. The molecule has 0 saturated carbocycles. The van der Waals surface area contributed by atoms with Crippen LogP contribution in [0.4, 0.5) is 10.8 Å². The number of ether oxygens (including phenoxy) is 2. The van der Waals surface area contributed by atoms with E-state index in [1.165, 1.54) is 43.6 Å². The van der Waals surface area contributed by atoms with Crippen molar-refractivity contribution in [3.05, 3.63) is 64.0 Å². The van der Waals surface area contributed by atoms with Crippen LogP contribution < -0.4 is 14.8 Å². The number of carbonyl (C=O) groups excluding carboxylic acids is 1. The first-order chi connectivity index (χ1) is 13.5. The van der Waals surface area contributed by atoms with Crippen LogP contribution in [0.5, 0.6) is 11.5 Å². The summed E-state index contributed by atoms with van der Waals surface area (Å²) in [6.07, 6.45) is -0.962. The number of rotatable bonds is 7. The molecule has 8 nitrogen and oxygen atoms in total. The maximum atomic E-state index is 12.4. The van der Waals surface area contributed by atoms with Crippen molar-refractivity contribution in [2.75, 3.05) is 12.4 Å². The van der Waals surface area contributed by atoms with Crippen LogP contribution in [0.2, 0.25) is 0 Å². The highest BCUT2D eigenvalue weighted by atomic mass is 32.1. The smallest absolute Gasteiger partial charge is 0.314 e. The number of anilines is 1. The molecule has 0 fully saturated rings. The van der Waals surface area contributed by atoms with Crippen LogP contribution in [0, 0.1) is 10.1 Å². The summed E-state index contributed by atoms with van der Waals surface area (Å²) in [6.45, 7) is 1.51. The summed E-state index contributed by atoms with van der Waals surface area (Å²) in [5, 5.41) is 16.2. The normalized spacial score (nSPS) is 11.5. The third-order valence-electron chi connectivity index (χ3n) is 3.84. The van der Waals surface area contributed by atoms with E-state index in [-0.39, 0.29) is 11.4 Å². The maximum absolute atomic E-state index is 12.4. The summed E-state index contributed by atoms with van der Waals surface area (Å²) in [5.74, 6) is -0.149. The quantitative estimate of drug-likeness (QED) is 0.473. The summed E-state index contributed by atoms with van der Waals surface area (Å²) in [6, 6.07) is 13.8. The SMILES string of the molecule is COc1ccc(OC(C)C(=O)Nc2nc(-c3ccccc3)cs2)c([N+](=O)[O-])c1. The molecule has 0 bridgehead atoms. The Morgan fingerprint density at radius 3 is 2.68 bits per heavy atom. The molecule has 3 rings (SSSR count). The van der Waals surface area contributed by atoms with Gasteiger partial charge in [0, 0.05) is 10.9 Å². The van der Waals surface area contributed by atoms with Gasteiger partial charge < -0.3 is 9.47 Å². The number of hydrogen-bond donors (Lipinski definition) is 1. The second kappa shape index (κ2) is 8.49. The first-order valence-corrected chi connectivity index (χ1v) is 9.17. The maximum Gasteiger partial charge on any atom is 0.314 e. The van der Waals surface area contributed by atoms with Gasteiger partial charge in [0.25, 0.3) is 5.91 Å². The third kappa shape index (κ3) is 4.44. The van der Waals surface area contributed by atoms with E-state index in [0.717, 1.165) is 11.3 Å². The van der Waals surface area contributed by atoms with Crippen molar-refractivity contribution in [2.45, 2.75) is 13.0 Å². The van der Waals surface area contributed by atoms with Crippen LogP contribution in [0.15, 0.2) is 53.9 Å². The molecule has 1 heterocycles. The summed E-state index contributed by atoms with van der Waals surface area (Å²) in [5.41, 5.74) is 1.41. The molecule has 1 unspecified atom stereocenters. The molecular formula is C19H17N3O5S. The number of carbonyl (C=O) groups is 1. The monoisotopic (exact) mass is 399 g/mol. The van der Waals surface area contributed by atoms with E-state index in [2.05, 4.69) is 10.3 Å². The molecule has 2 aromatic carbocycles. The van der Waals surface area contributed by atoms with Gasteiger partial charge >= 0.3 is 5.69 Å². The number of thiazole rings is 1. The number of aromatic nitrogens is 1. The van der Waals surface area contributed by atoms with Gasteiger partial charge in [-0.15, -0.1) is 11.3 Å². The largest absolute Gasteiger partial charge is 0.496 e.